The molecular formula is C24H26N4O3S. The summed E-state index contributed by atoms with van der Waals surface area (Å²) < 4.78 is 18.8. The fourth-order valence-corrected chi connectivity index (χ4v) is 4.98. The third-order valence-corrected chi connectivity index (χ3v) is 6.50. The fourth-order valence-electron chi connectivity index (χ4n) is 4.64. The van der Waals surface area contributed by atoms with Gasteiger partial charge >= 0.3 is 0 Å². The number of methoxy groups -OCH3 is 1. The minimum absolute atomic E-state index is 0.0692. The van der Waals surface area contributed by atoms with Crippen LogP contribution in [-0.4, -0.2) is 35.2 Å². The Morgan fingerprint density at radius 2 is 2.00 bits per heavy atom. The van der Waals surface area contributed by atoms with Crippen LogP contribution in [0.25, 0.3) is 0 Å². The normalized spacial score (nSPS) is 19.5. The van der Waals surface area contributed by atoms with E-state index in [0.29, 0.717) is 11.7 Å². The highest BCUT2D eigenvalue weighted by molar-refractivity contribution is 7.80. The maximum absolute atomic E-state index is 5.85. The lowest BCUT2D eigenvalue weighted by molar-refractivity contribution is 0.174. The highest BCUT2D eigenvalue weighted by Gasteiger charge is 2.42. The van der Waals surface area contributed by atoms with Gasteiger partial charge in [0, 0.05) is 43.0 Å². The van der Waals surface area contributed by atoms with Crippen LogP contribution in [0.15, 0.2) is 48.7 Å². The zero-order chi connectivity index (χ0) is 22.2. The van der Waals surface area contributed by atoms with E-state index in [9.17, 15) is 0 Å². The van der Waals surface area contributed by atoms with Crippen molar-refractivity contribution in [3.8, 4) is 11.5 Å². The molecule has 0 radical (unpaired) electrons. The van der Waals surface area contributed by atoms with E-state index in [-0.39, 0.29) is 18.9 Å². The van der Waals surface area contributed by atoms with Gasteiger partial charge in [-0.05, 0) is 62.0 Å². The van der Waals surface area contributed by atoms with Gasteiger partial charge in [-0.3, -0.25) is 4.98 Å². The van der Waals surface area contributed by atoms with Gasteiger partial charge in [-0.25, -0.2) is 0 Å². The van der Waals surface area contributed by atoms with Crippen LogP contribution < -0.4 is 19.7 Å². The molecule has 0 aliphatic carbocycles. The number of ether oxygens (including phenoxy) is 3. The van der Waals surface area contributed by atoms with E-state index >= 15 is 0 Å². The van der Waals surface area contributed by atoms with Crippen LogP contribution >= 0.6 is 12.2 Å². The van der Waals surface area contributed by atoms with Crippen molar-refractivity contribution in [1.82, 2.24) is 14.9 Å². The van der Waals surface area contributed by atoms with Crippen LogP contribution in [0.3, 0.4) is 0 Å². The smallest absolute Gasteiger partial charge is 0.231 e. The molecule has 1 saturated heterocycles. The quantitative estimate of drug-likeness (QED) is 0.569. The number of thiocarbonyl (C=S) groups is 1. The van der Waals surface area contributed by atoms with Crippen LogP contribution in [0.2, 0.25) is 0 Å². The van der Waals surface area contributed by atoms with Gasteiger partial charge in [-0.2, -0.15) is 0 Å². The molecule has 0 spiro atoms. The van der Waals surface area contributed by atoms with Crippen LogP contribution in [0, 0.1) is 13.8 Å². The van der Waals surface area contributed by atoms with E-state index in [1.807, 2.05) is 42.6 Å². The predicted octanol–water partition coefficient (Wildman–Crippen LogP) is 4.05. The minimum atomic E-state index is -0.0921. The Labute approximate surface area is 192 Å². The maximum atomic E-state index is 5.85. The molecule has 5 rings (SSSR count). The zero-order valence-electron chi connectivity index (χ0n) is 18.4. The third kappa shape index (κ3) is 3.49. The number of hydrogen-bond acceptors (Lipinski definition) is 5. The highest BCUT2D eigenvalue weighted by Crippen LogP contribution is 2.45. The molecule has 0 saturated carbocycles. The van der Waals surface area contributed by atoms with E-state index in [1.54, 1.807) is 7.11 Å². The molecule has 2 atom stereocenters. The minimum Gasteiger partial charge on any atom is -0.454 e. The molecule has 166 valence electrons. The molecule has 7 nitrogen and oxygen atoms in total. The summed E-state index contributed by atoms with van der Waals surface area (Å²) in [6.45, 7) is 5.99. The second kappa shape index (κ2) is 8.44. The summed E-state index contributed by atoms with van der Waals surface area (Å²) in [5.41, 5.74) is 5.50. The lowest BCUT2D eigenvalue weighted by Crippen LogP contribution is -2.29. The second-order valence-electron chi connectivity index (χ2n) is 8.01. The van der Waals surface area contributed by atoms with Gasteiger partial charge in [0.2, 0.25) is 6.79 Å². The molecule has 32 heavy (non-hydrogen) atoms. The zero-order valence-corrected chi connectivity index (χ0v) is 19.2. The van der Waals surface area contributed by atoms with Gasteiger partial charge < -0.3 is 29.0 Å². The molecule has 0 amide bonds. The summed E-state index contributed by atoms with van der Waals surface area (Å²) in [4.78, 5) is 6.81. The third-order valence-electron chi connectivity index (χ3n) is 6.18. The number of benzene rings is 1. The van der Waals surface area contributed by atoms with Crippen LogP contribution in [0.4, 0.5) is 5.69 Å². The molecule has 0 bridgehead atoms. The number of aromatic nitrogens is 2. The maximum Gasteiger partial charge on any atom is 0.231 e. The van der Waals surface area contributed by atoms with Gasteiger partial charge in [0.15, 0.2) is 16.6 Å². The molecule has 8 heteroatoms. The number of nitrogens with one attached hydrogen (secondary N) is 1. The van der Waals surface area contributed by atoms with Crippen LogP contribution in [0.5, 0.6) is 11.5 Å². The monoisotopic (exact) mass is 450 g/mol. The Bertz CT molecular complexity index is 1150. The van der Waals surface area contributed by atoms with Crippen molar-refractivity contribution in [2.45, 2.75) is 32.5 Å². The number of hydrogen-bond donors (Lipinski definition) is 1. The van der Waals surface area contributed by atoms with Gasteiger partial charge in [-0.15, -0.1) is 0 Å². The summed E-state index contributed by atoms with van der Waals surface area (Å²) in [6, 6.07) is 14.0. The lowest BCUT2D eigenvalue weighted by atomic mass is 9.96. The second-order valence-corrected chi connectivity index (χ2v) is 8.39. The molecule has 1 aromatic carbocycles. The van der Waals surface area contributed by atoms with Gasteiger partial charge in [-0.1, -0.05) is 6.07 Å². The van der Waals surface area contributed by atoms with Gasteiger partial charge in [0.1, 0.15) is 0 Å². The predicted molar refractivity (Wildman–Crippen MR) is 126 cm³/mol. The molecule has 0 unspecified atom stereocenters. The number of rotatable bonds is 6. The SMILES string of the molecule is COCCn1c(C)cc([C@H]2[C@H](c3ccccn3)NC(=S)N2c2ccc3c(c2)OCO3)c1C. The lowest BCUT2D eigenvalue weighted by Gasteiger charge is -2.28. The van der Waals surface area contributed by atoms with Gasteiger partial charge in [0.25, 0.3) is 0 Å². The summed E-state index contributed by atoms with van der Waals surface area (Å²) in [6.07, 6.45) is 1.82. The molecule has 1 N–H and O–H groups in total. The Hall–Kier alpha value is -3.10. The fraction of sp³-hybridized carbons (Fsp3) is 0.333. The summed E-state index contributed by atoms with van der Waals surface area (Å²) in [5, 5.41) is 4.18. The van der Waals surface area contributed by atoms with E-state index in [4.69, 9.17) is 26.4 Å². The summed E-state index contributed by atoms with van der Waals surface area (Å²) in [5.74, 6) is 1.48. The number of nitrogens with zero attached hydrogens (tertiary/aromatic N) is 3. The number of aryl methyl sites for hydroxylation is 1. The molecule has 2 aliphatic heterocycles. The van der Waals surface area contributed by atoms with Crippen LogP contribution in [-0.2, 0) is 11.3 Å². The van der Waals surface area contributed by atoms with Gasteiger partial charge in [0.05, 0.1) is 24.4 Å². The highest BCUT2D eigenvalue weighted by atomic mass is 32.1. The molecule has 2 aromatic heterocycles. The first kappa shape index (κ1) is 20.8. The Morgan fingerprint density at radius 1 is 1.16 bits per heavy atom. The Morgan fingerprint density at radius 3 is 2.78 bits per heavy atom. The van der Waals surface area contributed by atoms with E-state index in [1.165, 1.54) is 17.0 Å². The molecule has 4 heterocycles. The number of fused-ring (bicyclic) bond motifs is 1. The Balaban J connectivity index is 1.62. The molecule has 2 aliphatic rings. The number of pyridine rings is 1. The summed E-state index contributed by atoms with van der Waals surface area (Å²) >= 11 is 5.85. The first-order chi connectivity index (χ1) is 15.6. The number of anilines is 1. The molecule has 3 aromatic rings. The summed E-state index contributed by atoms with van der Waals surface area (Å²) in [7, 11) is 1.73. The van der Waals surface area contributed by atoms with E-state index < -0.39 is 0 Å². The van der Waals surface area contributed by atoms with Crippen molar-refractivity contribution in [1.29, 1.82) is 0 Å². The standard InChI is InChI=1S/C24H26N4O3S/c1-15-12-18(16(2)27(15)10-11-29-3)23-22(19-6-4-5-9-25-19)26-24(32)28(23)17-7-8-20-21(13-17)31-14-30-20/h4-9,12-13,22-23H,10-11,14H2,1-3H3,(H,26,32)/t22-,23-/m0/s1. The van der Waals surface area contributed by atoms with Crippen molar-refractivity contribution in [3.05, 3.63) is 71.3 Å². The van der Waals surface area contributed by atoms with Crippen molar-refractivity contribution >= 4 is 23.0 Å². The van der Waals surface area contributed by atoms with Crippen molar-refractivity contribution < 1.29 is 14.2 Å². The van der Waals surface area contributed by atoms with Crippen molar-refractivity contribution in [3.63, 3.8) is 0 Å². The average molecular weight is 451 g/mol. The first-order valence-electron chi connectivity index (χ1n) is 10.6. The molecule has 1 fully saturated rings. The van der Waals surface area contributed by atoms with Crippen LogP contribution in [0.1, 0.15) is 34.7 Å². The van der Waals surface area contributed by atoms with E-state index in [0.717, 1.165) is 29.4 Å². The van der Waals surface area contributed by atoms with Crippen molar-refractivity contribution in [2.24, 2.45) is 0 Å². The largest absolute Gasteiger partial charge is 0.454 e. The topological polar surface area (TPSA) is 60.8 Å². The van der Waals surface area contributed by atoms with E-state index in [2.05, 4.69) is 39.7 Å². The Kier molecular flexibility index (Phi) is 5.48. The first-order valence-corrected chi connectivity index (χ1v) is 11.0. The molecular weight excluding hydrogens is 424 g/mol. The van der Waals surface area contributed by atoms with Crippen molar-refractivity contribution in [2.75, 3.05) is 25.4 Å². The average Bonchev–Trinajstić information content (AvgIpc) is 3.48.